The molecule has 1 heterocycles. The maximum Gasteiger partial charge on any atom is 0.313 e. The Bertz CT molecular complexity index is 1050. The molecule has 1 atom stereocenters. The van der Waals surface area contributed by atoms with Crippen LogP contribution in [-0.4, -0.2) is 135 Å². The lowest BCUT2D eigenvalue weighted by Gasteiger charge is -2.09. The summed E-state index contributed by atoms with van der Waals surface area (Å²) in [5.74, 6) is -8.15. The largest absolute Gasteiger partial charge is 0.420 e. The van der Waals surface area contributed by atoms with Crippen LogP contribution in [0, 0.1) is 23.3 Å². The molecule has 0 aliphatic carbocycles. The molecule has 1 saturated heterocycles. The minimum absolute atomic E-state index is 0.0187. The number of hydrogen-bond donors (Lipinski definition) is 1. The smallest absolute Gasteiger partial charge is 0.313 e. The molecule has 1 N–H and O–H groups in total. The molecule has 1 amide bonds. The Morgan fingerprint density at radius 2 is 1.08 bits per heavy atom. The number of amides is 1. The van der Waals surface area contributed by atoms with Gasteiger partial charge in [-0.2, -0.15) is 8.78 Å². The highest BCUT2D eigenvalue weighted by atomic mass is 33.1. The van der Waals surface area contributed by atoms with Crippen LogP contribution in [0.2, 0.25) is 0 Å². The van der Waals surface area contributed by atoms with E-state index < -0.39 is 41.4 Å². The Kier molecular flexibility index (Phi) is 27.3. The first-order valence-corrected chi connectivity index (χ1v) is 19.5. The standard InChI is InChI=1S/C33H51F4NO11S2/c34-27-25-28(35)32(37)33(31(27)36)49-30(40)5-8-41-10-12-43-14-16-45-18-20-47-22-23-48-21-19-46-17-15-44-13-11-42-9-7-38-29(39)4-2-1-3-26-6-24-50-51-26/h25-26H,1-24H2,(H,38,39)/t26-/m0/s1. The maximum atomic E-state index is 13.5. The second kappa shape index (κ2) is 30.7. The van der Waals surface area contributed by atoms with E-state index in [0.29, 0.717) is 98.9 Å². The zero-order valence-corrected chi connectivity index (χ0v) is 30.6. The molecule has 0 radical (unpaired) electrons. The van der Waals surface area contributed by atoms with Gasteiger partial charge in [0, 0.05) is 30.0 Å². The zero-order valence-electron chi connectivity index (χ0n) is 28.9. The molecule has 0 bridgehead atoms. The maximum absolute atomic E-state index is 13.5. The van der Waals surface area contributed by atoms with Crippen molar-refractivity contribution in [2.45, 2.75) is 43.8 Å². The number of carbonyl (C=O) groups excluding carboxylic acids is 2. The number of carbonyl (C=O) groups is 2. The van der Waals surface area contributed by atoms with E-state index in [0.717, 1.165) is 18.1 Å². The predicted octanol–water partition coefficient (Wildman–Crippen LogP) is 4.50. The van der Waals surface area contributed by atoms with Gasteiger partial charge in [-0.3, -0.25) is 9.59 Å². The minimum Gasteiger partial charge on any atom is -0.420 e. The number of ether oxygens (including phenoxy) is 9. The fraction of sp³-hybridized carbons (Fsp3) is 0.758. The van der Waals surface area contributed by atoms with Crippen LogP contribution in [0.4, 0.5) is 17.6 Å². The summed E-state index contributed by atoms with van der Waals surface area (Å²) in [6, 6.07) is 0.0187. The lowest BCUT2D eigenvalue weighted by molar-refractivity contribution is -0.136. The molecule has 1 aliphatic rings. The second-order valence-electron chi connectivity index (χ2n) is 10.8. The van der Waals surface area contributed by atoms with E-state index in [-0.39, 0.29) is 31.8 Å². The van der Waals surface area contributed by atoms with E-state index >= 15 is 0 Å². The molecule has 18 heteroatoms. The highest BCUT2D eigenvalue weighted by Gasteiger charge is 2.23. The fourth-order valence-corrected chi connectivity index (χ4v) is 7.20. The first kappa shape index (κ1) is 45.4. The monoisotopic (exact) mass is 777 g/mol. The lowest BCUT2D eigenvalue weighted by Crippen LogP contribution is -2.27. The number of unbranched alkanes of at least 4 members (excludes halogenated alkanes) is 1. The van der Waals surface area contributed by atoms with Crippen LogP contribution in [-0.2, 0) is 47.5 Å². The van der Waals surface area contributed by atoms with Gasteiger partial charge in [0.25, 0.3) is 0 Å². The topological polar surface area (TPSA) is 129 Å². The van der Waals surface area contributed by atoms with Crippen molar-refractivity contribution < 1.29 is 69.8 Å². The molecule has 12 nitrogen and oxygen atoms in total. The molecule has 2 rings (SSSR count). The Morgan fingerprint density at radius 3 is 1.53 bits per heavy atom. The van der Waals surface area contributed by atoms with Crippen molar-refractivity contribution >= 4 is 33.5 Å². The number of halogens is 4. The van der Waals surface area contributed by atoms with Crippen molar-refractivity contribution in [1.29, 1.82) is 0 Å². The van der Waals surface area contributed by atoms with Crippen LogP contribution < -0.4 is 10.1 Å². The molecular formula is C33H51F4NO11S2. The molecule has 0 unspecified atom stereocenters. The van der Waals surface area contributed by atoms with E-state index in [2.05, 4.69) is 10.1 Å². The molecule has 0 aromatic heterocycles. The third kappa shape index (κ3) is 23.5. The normalized spacial score (nSPS) is 14.3. The average Bonchev–Trinajstić information content (AvgIpc) is 3.64. The minimum atomic E-state index is -1.79. The Morgan fingerprint density at radius 1 is 0.627 bits per heavy atom. The summed E-state index contributed by atoms with van der Waals surface area (Å²) in [5.41, 5.74) is 0. The van der Waals surface area contributed by atoms with Crippen molar-refractivity contribution in [1.82, 2.24) is 5.32 Å². The summed E-state index contributed by atoms with van der Waals surface area (Å²) < 4.78 is 101. The van der Waals surface area contributed by atoms with Crippen LogP contribution in [0.25, 0.3) is 0 Å². The number of benzene rings is 1. The molecule has 1 fully saturated rings. The van der Waals surface area contributed by atoms with Gasteiger partial charge in [0.2, 0.25) is 23.3 Å². The summed E-state index contributed by atoms with van der Waals surface area (Å²) in [6.07, 6.45) is 4.72. The van der Waals surface area contributed by atoms with Crippen LogP contribution in [0.5, 0.6) is 5.75 Å². The summed E-state index contributed by atoms with van der Waals surface area (Å²) in [7, 11) is 3.94. The summed E-state index contributed by atoms with van der Waals surface area (Å²) in [5, 5.41) is 3.65. The SMILES string of the molecule is O=C(CCCC[C@H]1CCSS1)NCCOCCOCCOCCOCCOCCOCCOCCOCCC(=O)Oc1c(F)c(F)cc(F)c1F. The third-order valence-electron chi connectivity index (χ3n) is 6.82. The van der Waals surface area contributed by atoms with Gasteiger partial charge in [-0.15, -0.1) is 0 Å². The fourth-order valence-electron chi connectivity index (χ4n) is 4.18. The van der Waals surface area contributed by atoms with Crippen LogP contribution in [0.15, 0.2) is 6.07 Å². The molecular weight excluding hydrogens is 726 g/mol. The summed E-state index contributed by atoms with van der Waals surface area (Å²) >= 11 is 0. The van der Waals surface area contributed by atoms with Gasteiger partial charge in [-0.05, 0) is 19.3 Å². The highest BCUT2D eigenvalue weighted by molar-refractivity contribution is 8.77. The molecule has 51 heavy (non-hydrogen) atoms. The number of esters is 1. The Hall–Kier alpha value is -1.74. The predicted molar refractivity (Wildman–Crippen MR) is 183 cm³/mol. The number of rotatable bonds is 33. The van der Waals surface area contributed by atoms with Gasteiger partial charge in [0.15, 0.2) is 11.6 Å². The van der Waals surface area contributed by atoms with Crippen molar-refractivity contribution in [3.05, 3.63) is 29.3 Å². The quantitative estimate of drug-likeness (QED) is 0.0269. The first-order valence-electron chi connectivity index (χ1n) is 17.1. The molecule has 1 aliphatic heterocycles. The molecule has 0 saturated carbocycles. The van der Waals surface area contributed by atoms with Crippen molar-refractivity contribution in [3.63, 3.8) is 0 Å². The van der Waals surface area contributed by atoms with Crippen LogP contribution in [0.1, 0.15) is 38.5 Å². The summed E-state index contributed by atoms with van der Waals surface area (Å²) in [4.78, 5) is 23.5. The van der Waals surface area contributed by atoms with E-state index in [9.17, 15) is 27.2 Å². The molecule has 1 aromatic rings. The van der Waals surface area contributed by atoms with Gasteiger partial charge in [-0.1, -0.05) is 28.0 Å². The number of nitrogens with one attached hydrogen (secondary N) is 1. The average molecular weight is 778 g/mol. The van der Waals surface area contributed by atoms with E-state index in [4.69, 9.17) is 37.9 Å². The van der Waals surface area contributed by atoms with Gasteiger partial charge >= 0.3 is 5.97 Å². The zero-order chi connectivity index (χ0) is 36.8. The number of hydrogen-bond acceptors (Lipinski definition) is 13. The van der Waals surface area contributed by atoms with Crippen LogP contribution in [0.3, 0.4) is 0 Å². The van der Waals surface area contributed by atoms with Crippen molar-refractivity contribution in [2.75, 3.05) is 118 Å². The molecule has 0 spiro atoms. The van der Waals surface area contributed by atoms with E-state index in [1.165, 1.54) is 18.6 Å². The van der Waals surface area contributed by atoms with Gasteiger partial charge in [0.1, 0.15) is 0 Å². The first-order chi connectivity index (χ1) is 24.9. The van der Waals surface area contributed by atoms with E-state index in [1.807, 2.05) is 21.6 Å². The third-order valence-corrected chi connectivity index (χ3v) is 9.82. The molecule has 294 valence electrons. The molecule has 1 aromatic carbocycles. The Balaban J connectivity index is 1.20. The van der Waals surface area contributed by atoms with Crippen molar-refractivity contribution in [3.8, 4) is 5.75 Å². The lowest BCUT2D eigenvalue weighted by atomic mass is 10.1. The van der Waals surface area contributed by atoms with E-state index in [1.54, 1.807) is 0 Å². The van der Waals surface area contributed by atoms with Gasteiger partial charge < -0.3 is 47.9 Å². The van der Waals surface area contributed by atoms with Crippen molar-refractivity contribution in [2.24, 2.45) is 0 Å². The van der Waals surface area contributed by atoms with Gasteiger partial charge in [0.05, 0.1) is 112 Å². The Labute approximate surface area is 304 Å². The van der Waals surface area contributed by atoms with Gasteiger partial charge in [-0.25, -0.2) is 8.78 Å². The second-order valence-corrected chi connectivity index (χ2v) is 13.6. The highest BCUT2D eigenvalue weighted by Crippen LogP contribution is 2.39. The summed E-state index contributed by atoms with van der Waals surface area (Å²) in [6.45, 7) is 6.11. The van der Waals surface area contributed by atoms with Crippen LogP contribution >= 0.6 is 21.6 Å².